The predicted molar refractivity (Wildman–Crippen MR) is 123 cm³/mol. The number of hydrogen-bond acceptors (Lipinski definition) is 5. The first-order chi connectivity index (χ1) is 15.6. The third-order valence-corrected chi connectivity index (χ3v) is 5.30. The van der Waals surface area contributed by atoms with Gasteiger partial charge in [-0.2, -0.15) is 0 Å². The summed E-state index contributed by atoms with van der Waals surface area (Å²) in [6.07, 6.45) is 5.15. The Kier molecular flexibility index (Phi) is 5.21. The molecule has 0 saturated heterocycles. The molecule has 156 valence electrons. The summed E-state index contributed by atoms with van der Waals surface area (Å²) in [5.74, 6) is 0.112. The van der Waals surface area contributed by atoms with Crippen LogP contribution >= 0.6 is 11.6 Å². The van der Waals surface area contributed by atoms with Crippen LogP contribution in [0, 0.1) is 5.82 Å². The molecule has 0 fully saturated rings. The number of methoxy groups -OCH3 is 1. The molecule has 0 unspecified atom stereocenters. The van der Waals surface area contributed by atoms with Crippen molar-refractivity contribution in [2.24, 2.45) is 0 Å². The summed E-state index contributed by atoms with van der Waals surface area (Å²) < 4.78 is 19.8. The van der Waals surface area contributed by atoms with Gasteiger partial charge in [0.25, 0.3) is 0 Å². The zero-order valence-corrected chi connectivity index (χ0v) is 17.7. The molecule has 0 radical (unpaired) electrons. The number of aromatic nitrogens is 4. The van der Waals surface area contributed by atoms with Crippen LogP contribution in [0.5, 0.6) is 5.88 Å². The molecule has 0 aliphatic carbocycles. The van der Waals surface area contributed by atoms with Crippen LogP contribution in [0.25, 0.3) is 44.7 Å². The highest BCUT2D eigenvalue weighted by molar-refractivity contribution is 6.30. The summed E-state index contributed by atoms with van der Waals surface area (Å²) in [5, 5.41) is 1.26. The van der Waals surface area contributed by atoms with E-state index in [1.165, 1.54) is 12.1 Å². The summed E-state index contributed by atoms with van der Waals surface area (Å²) >= 11 is 6.12. The minimum Gasteiger partial charge on any atom is -0.481 e. The van der Waals surface area contributed by atoms with Crippen molar-refractivity contribution in [2.75, 3.05) is 7.11 Å². The number of ether oxygens (including phenoxy) is 1. The van der Waals surface area contributed by atoms with Gasteiger partial charge in [0.05, 0.1) is 18.5 Å². The van der Waals surface area contributed by atoms with E-state index in [1.807, 2.05) is 36.4 Å². The van der Waals surface area contributed by atoms with E-state index in [1.54, 1.807) is 37.8 Å². The molecular formula is C25H16ClFN4O. The van der Waals surface area contributed by atoms with Gasteiger partial charge < -0.3 is 4.74 Å². The van der Waals surface area contributed by atoms with E-state index in [0.29, 0.717) is 27.8 Å². The molecule has 0 bridgehead atoms. The summed E-state index contributed by atoms with van der Waals surface area (Å²) in [6.45, 7) is 0. The number of rotatable bonds is 4. The molecule has 0 aliphatic heterocycles. The van der Waals surface area contributed by atoms with Gasteiger partial charge in [-0.15, -0.1) is 0 Å². The second-order valence-electron chi connectivity index (χ2n) is 7.08. The first kappa shape index (κ1) is 20.0. The fourth-order valence-corrected chi connectivity index (χ4v) is 3.72. The lowest BCUT2D eigenvalue weighted by atomic mass is 9.99. The lowest BCUT2D eigenvalue weighted by molar-refractivity contribution is 0.398. The Morgan fingerprint density at radius 1 is 0.844 bits per heavy atom. The van der Waals surface area contributed by atoms with Crippen molar-refractivity contribution in [1.82, 2.24) is 19.9 Å². The van der Waals surface area contributed by atoms with E-state index in [4.69, 9.17) is 16.3 Å². The Balaban J connectivity index is 1.71. The van der Waals surface area contributed by atoms with Crippen LogP contribution in [0.1, 0.15) is 0 Å². The molecule has 0 aliphatic rings. The van der Waals surface area contributed by atoms with E-state index in [9.17, 15) is 4.39 Å². The van der Waals surface area contributed by atoms with Crippen LogP contribution in [0.2, 0.25) is 5.02 Å². The Labute approximate surface area is 188 Å². The summed E-state index contributed by atoms with van der Waals surface area (Å²) in [4.78, 5) is 17.9. The average Bonchev–Trinajstić information content (AvgIpc) is 2.85. The Hall–Kier alpha value is -3.90. The molecule has 4 heterocycles. The lowest BCUT2D eigenvalue weighted by Crippen LogP contribution is -1.95. The first-order valence-electron chi connectivity index (χ1n) is 9.80. The van der Waals surface area contributed by atoms with E-state index < -0.39 is 5.82 Å². The smallest absolute Gasteiger partial charge is 0.213 e. The summed E-state index contributed by atoms with van der Waals surface area (Å²) in [6, 6.07) is 17.5. The number of nitrogens with zero attached hydrogens (tertiary/aromatic N) is 4. The zero-order valence-electron chi connectivity index (χ0n) is 17.0. The van der Waals surface area contributed by atoms with Gasteiger partial charge in [-0.05, 0) is 54.1 Å². The zero-order chi connectivity index (χ0) is 22.1. The van der Waals surface area contributed by atoms with Crippen LogP contribution in [0.3, 0.4) is 0 Å². The van der Waals surface area contributed by atoms with E-state index in [0.717, 1.165) is 27.8 Å². The quantitative estimate of drug-likeness (QED) is 0.330. The average molecular weight is 443 g/mol. The minimum atomic E-state index is -0.407. The van der Waals surface area contributed by atoms with Crippen molar-refractivity contribution in [1.29, 1.82) is 0 Å². The molecule has 5 rings (SSSR count). The highest BCUT2D eigenvalue weighted by Gasteiger charge is 2.14. The van der Waals surface area contributed by atoms with E-state index in [2.05, 4.69) is 19.9 Å². The first-order valence-corrected chi connectivity index (χ1v) is 10.2. The predicted octanol–water partition coefficient (Wildman–Crippen LogP) is 6.22. The molecule has 32 heavy (non-hydrogen) atoms. The van der Waals surface area contributed by atoms with Crippen molar-refractivity contribution in [2.45, 2.75) is 0 Å². The summed E-state index contributed by atoms with van der Waals surface area (Å²) in [5.41, 5.74) is 4.47. The molecule has 0 spiro atoms. The van der Waals surface area contributed by atoms with Crippen molar-refractivity contribution in [3.63, 3.8) is 0 Å². The third-order valence-electron chi connectivity index (χ3n) is 5.07. The van der Waals surface area contributed by atoms with E-state index >= 15 is 0 Å². The number of halogens is 2. The van der Waals surface area contributed by atoms with Crippen molar-refractivity contribution in [3.05, 3.63) is 90.1 Å². The Bertz CT molecular complexity index is 1460. The standard InChI is InChI=1S/C25H16ClFN4O/c1-32-24-6-2-5-22(30-24)16-10-15(13-28-14-16)19-12-23(20-11-17(26)7-8-21(20)27)31-25-18(19)4-3-9-29-25/h2-14H,1H3. The SMILES string of the molecule is COc1cccc(-c2cncc(-c3cc(-c4cc(Cl)ccc4F)nc4ncccc34)c2)n1. The van der Waals surface area contributed by atoms with E-state index in [-0.39, 0.29) is 0 Å². The van der Waals surface area contributed by atoms with Crippen molar-refractivity contribution < 1.29 is 9.13 Å². The maximum absolute atomic E-state index is 14.6. The molecule has 0 N–H and O–H groups in total. The molecule has 0 amide bonds. The van der Waals surface area contributed by atoms with Crippen LogP contribution in [-0.2, 0) is 0 Å². The third kappa shape index (κ3) is 3.76. The maximum atomic E-state index is 14.6. The highest BCUT2D eigenvalue weighted by Crippen LogP contribution is 2.34. The van der Waals surface area contributed by atoms with Gasteiger partial charge in [0.2, 0.25) is 5.88 Å². The maximum Gasteiger partial charge on any atom is 0.213 e. The number of fused-ring (bicyclic) bond motifs is 1. The second-order valence-corrected chi connectivity index (χ2v) is 7.52. The van der Waals surface area contributed by atoms with Crippen molar-refractivity contribution in [3.8, 4) is 39.5 Å². The molecule has 7 heteroatoms. The van der Waals surface area contributed by atoms with Gasteiger partial charge in [-0.3, -0.25) is 4.98 Å². The van der Waals surface area contributed by atoms with Gasteiger partial charge in [0.1, 0.15) is 5.82 Å². The second kappa shape index (κ2) is 8.32. The monoisotopic (exact) mass is 442 g/mol. The fourth-order valence-electron chi connectivity index (χ4n) is 3.54. The molecule has 0 atom stereocenters. The van der Waals surface area contributed by atoms with Crippen LogP contribution in [-0.4, -0.2) is 27.0 Å². The molecule has 5 nitrogen and oxygen atoms in total. The molecular weight excluding hydrogens is 427 g/mol. The van der Waals surface area contributed by atoms with Crippen molar-refractivity contribution >= 4 is 22.6 Å². The summed E-state index contributed by atoms with van der Waals surface area (Å²) in [7, 11) is 1.58. The van der Waals surface area contributed by atoms with Gasteiger partial charge in [0, 0.05) is 51.8 Å². The van der Waals surface area contributed by atoms with Crippen LogP contribution in [0.4, 0.5) is 4.39 Å². The normalized spacial score (nSPS) is 11.0. The number of benzene rings is 1. The Morgan fingerprint density at radius 2 is 1.72 bits per heavy atom. The minimum absolute atomic E-state index is 0.310. The van der Waals surface area contributed by atoms with Crippen LogP contribution in [0.15, 0.2) is 79.3 Å². The topological polar surface area (TPSA) is 60.8 Å². The van der Waals surface area contributed by atoms with Crippen LogP contribution < -0.4 is 4.74 Å². The van der Waals surface area contributed by atoms with Gasteiger partial charge >= 0.3 is 0 Å². The molecule has 0 saturated carbocycles. The lowest BCUT2D eigenvalue weighted by Gasteiger charge is -2.11. The fraction of sp³-hybridized carbons (Fsp3) is 0.0400. The van der Waals surface area contributed by atoms with Gasteiger partial charge in [-0.1, -0.05) is 17.7 Å². The molecule has 4 aromatic heterocycles. The number of hydrogen-bond donors (Lipinski definition) is 0. The van der Waals surface area contributed by atoms with Gasteiger partial charge in [-0.25, -0.2) is 19.3 Å². The Morgan fingerprint density at radius 3 is 2.59 bits per heavy atom. The largest absolute Gasteiger partial charge is 0.481 e. The number of pyridine rings is 4. The van der Waals surface area contributed by atoms with Gasteiger partial charge in [0.15, 0.2) is 5.65 Å². The molecule has 1 aromatic carbocycles. The molecule has 5 aromatic rings. The highest BCUT2D eigenvalue weighted by atomic mass is 35.5.